The average Bonchev–Trinajstić information content (AvgIpc) is 3.09. The zero-order chi connectivity index (χ0) is 18.7. The Kier molecular flexibility index (Phi) is 5.06. The molecule has 7 nitrogen and oxygen atoms in total. The lowest BCUT2D eigenvalue weighted by Crippen LogP contribution is -2.06. The Morgan fingerprint density at radius 1 is 1.08 bits per heavy atom. The number of ether oxygens (including phenoxy) is 2. The van der Waals surface area contributed by atoms with E-state index in [4.69, 9.17) is 4.74 Å². The minimum Gasteiger partial charge on any atom is -0.454 e. The molecule has 9 heteroatoms. The highest BCUT2D eigenvalue weighted by molar-refractivity contribution is 5.43. The van der Waals surface area contributed by atoms with Crippen molar-refractivity contribution in [2.45, 2.75) is 33.5 Å². The van der Waals surface area contributed by atoms with Crippen molar-refractivity contribution < 1.29 is 18.3 Å². The highest BCUT2D eigenvalue weighted by Crippen LogP contribution is 2.24. The Morgan fingerprint density at radius 2 is 1.81 bits per heavy atom. The van der Waals surface area contributed by atoms with Crippen molar-refractivity contribution in [3.8, 4) is 17.4 Å². The molecule has 2 heterocycles. The van der Waals surface area contributed by atoms with Gasteiger partial charge in [-0.2, -0.15) is 8.78 Å². The number of hydrogen-bond donors (Lipinski definition) is 0. The Labute approximate surface area is 148 Å². The first kappa shape index (κ1) is 17.7. The van der Waals surface area contributed by atoms with Crippen molar-refractivity contribution in [3.63, 3.8) is 0 Å². The second-order valence-corrected chi connectivity index (χ2v) is 5.72. The van der Waals surface area contributed by atoms with Crippen LogP contribution in [0.5, 0.6) is 11.8 Å². The van der Waals surface area contributed by atoms with Gasteiger partial charge in [-0.15, -0.1) is 5.10 Å². The summed E-state index contributed by atoms with van der Waals surface area (Å²) in [5.74, 6) is 0.0897. The van der Waals surface area contributed by atoms with E-state index in [2.05, 4.69) is 25.0 Å². The Balaban J connectivity index is 1.77. The van der Waals surface area contributed by atoms with Gasteiger partial charge in [0, 0.05) is 18.5 Å². The Hall–Kier alpha value is -3.10. The minimum absolute atomic E-state index is 0.0897. The van der Waals surface area contributed by atoms with Crippen LogP contribution in [0.25, 0.3) is 5.69 Å². The van der Waals surface area contributed by atoms with Gasteiger partial charge in [0.05, 0.1) is 11.9 Å². The molecule has 0 fully saturated rings. The monoisotopic (exact) mass is 361 g/mol. The fraction of sp³-hybridized carbons (Fsp3) is 0.294. The van der Waals surface area contributed by atoms with Gasteiger partial charge in [0.1, 0.15) is 17.5 Å². The van der Waals surface area contributed by atoms with Crippen molar-refractivity contribution in [1.82, 2.24) is 25.0 Å². The smallest absolute Gasteiger partial charge is 0.387 e. The molecule has 0 saturated heterocycles. The summed E-state index contributed by atoms with van der Waals surface area (Å²) in [7, 11) is 0. The summed E-state index contributed by atoms with van der Waals surface area (Å²) in [5, 5.41) is 8.08. The molecule has 2 aromatic heterocycles. The van der Waals surface area contributed by atoms with Crippen LogP contribution in [-0.2, 0) is 0 Å². The number of alkyl halides is 2. The first-order valence-electron chi connectivity index (χ1n) is 7.86. The van der Waals surface area contributed by atoms with E-state index in [1.54, 1.807) is 44.6 Å². The van der Waals surface area contributed by atoms with Gasteiger partial charge in [-0.3, -0.25) is 0 Å². The predicted octanol–water partition coefficient (Wildman–Crippen LogP) is 3.42. The van der Waals surface area contributed by atoms with Gasteiger partial charge in [-0.25, -0.2) is 14.6 Å². The highest BCUT2D eigenvalue weighted by Gasteiger charge is 2.15. The highest BCUT2D eigenvalue weighted by atomic mass is 19.3. The number of rotatable bonds is 6. The molecule has 0 bridgehead atoms. The molecular formula is C17H17F2N5O2. The van der Waals surface area contributed by atoms with Crippen LogP contribution in [0.2, 0.25) is 0 Å². The van der Waals surface area contributed by atoms with Gasteiger partial charge < -0.3 is 9.47 Å². The summed E-state index contributed by atoms with van der Waals surface area (Å²) in [5.41, 5.74) is 2.62. The minimum atomic E-state index is -2.89. The van der Waals surface area contributed by atoms with E-state index >= 15 is 0 Å². The van der Waals surface area contributed by atoms with Crippen LogP contribution < -0.4 is 9.47 Å². The van der Waals surface area contributed by atoms with E-state index in [1.807, 2.05) is 6.92 Å². The molecule has 0 N–H and O–H groups in total. The van der Waals surface area contributed by atoms with Crippen LogP contribution in [0.4, 0.5) is 8.78 Å². The molecule has 0 aliphatic heterocycles. The summed E-state index contributed by atoms with van der Waals surface area (Å²) in [4.78, 5) is 8.16. The third-order valence-electron chi connectivity index (χ3n) is 3.62. The van der Waals surface area contributed by atoms with Crippen molar-refractivity contribution in [1.29, 1.82) is 0 Å². The van der Waals surface area contributed by atoms with Crippen LogP contribution >= 0.6 is 0 Å². The number of aryl methyl sites for hydroxylation is 2. The second kappa shape index (κ2) is 7.42. The first-order chi connectivity index (χ1) is 12.4. The van der Waals surface area contributed by atoms with Crippen molar-refractivity contribution in [3.05, 3.63) is 53.6 Å². The van der Waals surface area contributed by atoms with Gasteiger partial charge in [-0.1, -0.05) is 11.3 Å². The molecule has 0 amide bonds. The van der Waals surface area contributed by atoms with Gasteiger partial charge in [-0.05, 0) is 38.0 Å². The van der Waals surface area contributed by atoms with E-state index in [9.17, 15) is 8.78 Å². The third kappa shape index (κ3) is 4.11. The van der Waals surface area contributed by atoms with Crippen LogP contribution in [0.1, 0.15) is 29.8 Å². The number of benzene rings is 1. The normalized spacial score (nSPS) is 12.2. The molecule has 1 unspecified atom stereocenters. The maximum Gasteiger partial charge on any atom is 0.387 e. The van der Waals surface area contributed by atoms with E-state index in [0.717, 1.165) is 5.56 Å². The molecule has 0 saturated carbocycles. The molecule has 0 aliphatic carbocycles. The molecule has 0 aliphatic rings. The lowest BCUT2D eigenvalue weighted by atomic mass is 10.2. The summed E-state index contributed by atoms with van der Waals surface area (Å²) >= 11 is 0. The molecule has 136 valence electrons. The van der Waals surface area contributed by atoms with Gasteiger partial charge in [0.25, 0.3) is 0 Å². The zero-order valence-electron chi connectivity index (χ0n) is 14.4. The summed E-state index contributed by atoms with van der Waals surface area (Å²) in [6, 6.07) is 5.13. The number of aromatic nitrogens is 5. The predicted molar refractivity (Wildman–Crippen MR) is 88.5 cm³/mol. The summed E-state index contributed by atoms with van der Waals surface area (Å²) < 4.78 is 36.6. The lowest BCUT2D eigenvalue weighted by molar-refractivity contribution is -0.0502. The Morgan fingerprint density at radius 3 is 2.50 bits per heavy atom. The molecular weight excluding hydrogens is 344 g/mol. The van der Waals surface area contributed by atoms with Crippen LogP contribution in [0.3, 0.4) is 0 Å². The fourth-order valence-electron chi connectivity index (χ4n) is 2.20. The van der Waals surface area contributed by atoms with E-state index in [1.165, 1.54) is 10.7 Å². The van der Waals surface area contributed by atoms with E-state index < -0.39 is 12.7 Å². The molecule has 3 aromatic rings. The van der Waals surface area contributed by atoms with Gasteiger partial charge >= 0.3 is 12.6 Å². The molecule has 0 spiro atoms. The molecule has 1 atom stereocenters. The van der Waals surface area contributed by atoms with Crippen molar-refractivity contribution in [2.75, 3.05) is 0 Å². The SMILES string of the molecule is Cc1cnc(OC(C)c2cn(-c3ccc(C)c(OC(F)F)c3)nn2)nc1. The van der Waals surface area contributed by atoms with Gasteiger partial charge in [0.15, 0.2) is 0 Å². The van der Waals surface area contributed by atoms with Gasteiger partial charge in [0.2, 0.25) is 0 Å². The van der Waals surface area contributed by atoms with E-state index in [-0.39, 0.29) is 11.8 Å². The fourth-order valence-corrected chi connectivity index (χ4v) is 2.20. The van der Waals surface area contributed by atoms with E-state index in [0.29, 0.717) is 16.9 Å². The summed E-state index contributed by atoms with van der Waals surface area (Å²) in [6.45, 7) is 2.47. The maximum absolute atomic E-state index is 12.5. The maximum atomic E-state index is 12.5. The largest absolute Gasteiger partial charge is 0.454 e. The summed E-state index contributed by atoms with van der Waals surface area (Å²) in [6.07, 6.45) is 4.52. The lowest BCUT2D eigenvalue weighted by Gasteiger charge is -2.10. The molecule has 1 aromatic carbocycles. The second-order valence-electron chi connectivity index (χ2n) is 5.72. The molecule has 0 radical (unpaired) electrons. The van der Waals surface area contributed by atoms with Crippen molar-refractivity contribution in [2.24, 2.45) is 0 Å². The van der Waals surface area contributed by atoms with Crippen LogP contribution in [0, 0.1) is 13.8 Å². The zero-order valence-corrected chi connectivity index (χ0v) is 14.4. The average molecular weight is 361 g/mol. The van der Waals surface area contributed by atoms with Crippen molar-refractivity contribution >= 4 is 0 Å². The number of hydrogen-bond acceptors (Lipinski definition) is 6. The molecule has 3 rings (SSSR count). The third-order valence-corrected chi connectivity index (χ3v) is 3.62. The molecule has 26 heavy (non-hydrogen) atoms. The Bertz CT molecular complexity index is 883. The first-order valence-corrected chi connectivity index (χ1v) is 7.86. The number of halogens is 2. The standard InChI is InChI=1S/C17H17F2N5O2/c1-10-7-20-17(21-8-10)25-12(3)14-9-24(23-22-14)13-5-4-11(2)15(6-13)26-16(18)19/h4-9,12,16H,1-3H3. The topological polar surface area (TPSA) is 75.0 Å². The van der Waals surface area contributed by atoms with Crippen LogP contribution in [-0.4, -0.2) is 31.6 Å². The quantitative estimate of drug-likeness (QED) is 0.670. The van der Waals surface area contributed by atoms with Crippen LogP contribution in [0.15, 0.2) is 36.8 Å². The number of nitrogens with zero attached hydrogens (tertiary/aromatic N) is 5.